The van der Waals surface area contributed by atoms with Gasteiger partial charge in [-0.1, -0.05) is 19.1 Å². The van der Waals surface area contributed by atoms with Crippen LogP contribution in [0.5, 0.6) is 0 Å². The molecule has 1 atom stereocenters. The van der Waals surface area contributed by atoms with Crippen molar-refractivity contribution in [3.05, 3.63) is 29.8 Å². The van der Waals surface area contributed by atoms with Gasteiger partial charge in [-0.25, -0.2) is 0 Å². The molecule has 2 N–H and O–H groups in total. The first-order chi connectivity index (χ1) is 8.38. The van der Waals surface area contributed by atoms with E-state index in [0.29, 0.717) is 0 Å². The molecule has 2 rings (SSSR count). The molecule has 0 radical (unpaired) electrons. The summed E-state index contributed by atoms with van der Waals surface area (Å²) in [5.41, 5.74) is 2.69. The number of hydrogen-bond acceptors (Lipinski definition) is 2. The Bertz CT molecular complexity index is 327. The first-order valence-corrected chi connectivity index (χ1v) is 6.92. The molecule has 1 aliphatic rings. The van der Waals surface area contributed by atoms with E-state index in [2.05, 4.69) is 41.8 Å². The normalized spacial score (nSPS) is 20.9. The number of rotatable bonds is 4. The maximum atomic E-state index is 3.59. The van der Waals surface area contributed by atoms with Gasteiger partial charge < -0.3 is 10.6 Å². The van der Waals surface area contributed by atoms with Crippen LogP contribution in [0.4, 0.5) is 5.69 Å². The number of anilines is 1. The van der Waals surface area contributed by atoms with Crippen molar-refractivity contribution in [1.82, 2.24) is 5.32 Å². The van der Waals surface area contributed by atoms with E-state index in [-0.39, 0.29) is 0 Å². The van der Waals surface area contributed by atoms with Gasteiger partial charge in [0.2, 0.25) is 0 Å². The lowest BCUT2D eigenvalue weighted by atomic mass is 10.0. The maximum absolute atomic E-state index is 3.59. The highest BCUT2D eigenvalue weighted by Gasteiger charge is 2.11. The summed E-state index contributed by atoms with van der Waals surface area (Å²) in [4.78, 5) is 0. The molecular weight excluding hydrogens is 208 g/mol. The van der Waals surface area contributed by atoms with Crippen LogP contribution in [0.15, 0.2) is 24.3 Å². The molecule has 2 nitrogen and oxygen atoms in total. The van der Waals surface area contributed by atoms with Gasteiger partial charge in [-0.3, -0.25) is 0 Å². The average molecular weight is 232 g/mol. The fourth-order valence-electron chi connectivity index (χ4n) is 2.46. The Morgan fingerprint density at radius 2 is 2.24 bits per heavy atom. The predicted molar refractivity (Wildman–Crippen MR) is 74.5 cm³/mol. The van der Waals surface area contributed by atoms with Crippen LogP contribution in [0.2, 0.25) is 0 Å². The Labute approximate surface area is 105 Å². The molecular formula is C15H24N2. The molecule has 94 valence electrons. The highest BCUT2D eigenvalue weighted by atomic mass is 14.9. The zero-order valence-electron chi connectivity index (χ0n) is 10.8. The smallest absolute Gasteiger partial charge is 0.0342 e. The molecule has 0 saturated carbocycles. The van der Waals surface area contributed by atoms with Crippen molar-refractivity contribution in [3.8, 4) is 0 Å². The second-order valence-electron chi connectivity index (χ2n) is 4.98. The molecule has 1 heterocycles. The minimum atomic E-state index is 0.829. The number of hydrogen-bond donors (Lipinski definition) is 2. The van der Waals surface area contributed by atoms with Crippen molar-refractivity contribution in [2.75, 3.05) is 25.0 Å². The van der Waals surface area contributed by atoms with Gasteiger partial charge in [0.25, 0.3) is 0 Å². The number of nitrogens with one attached hydrogen (secondary N) is 2. The van der Waals surface area contributed by atoms with Gasteiger partial charge in [-0.05, 0) is 62.4 Å². The molecule has 1 saturated heterocycles. The second-order valence-corrected chi connectivity index (χ2v) is 4.98. The topological polar surface area (TPSA) is 24.1 Å². The lowest BCUT2D eigenvalue weighted by molar-refractivity contribution is 0.496. The van der Waals surface area contributed by atoms with Crippen molar-refractivity contribution in [2.45, 2.75) is 32.6 Å². The van der Waals surface area contributed by atoms with Gasteiger partial charge in [0.15, 0.2) is 0 Å². The Balaban J connectivity index is 1.83. The summed E-state index contributed by atoms with van der Waals surface area (Å²) in [6.45, 7) is 5.70. The summed E-state index contributed by atoms with van der Waals surface area (Å²) in [7, 11) is 0. The first kappa shape index (κ1) is 12.4. The zero-order chi connectivity index (χ0) is 11.9. The van der Waals surface area contributed by atoms with E-state index in [1.807, 2.05) is 0 Å². The second kappa shape index (κ2) is 6.65. The van der Waals surface area contributed by atoms with E-state index in [1.54, 1.807) is 0 Å². The van der Waals surface area contributed by atoms with Gasteiger partial charge in [0, 0.05) is 12.2 Å². The Kier molecular flexibility index (Phi) is 4.87. The lowest BCUT2D eigenvalue weighted by Gasteiger charge is -2.15. The van der Waals surface area contributed by atoms with Crippen LogP contribution in [0, 0.1) is 5.92 Å². The quantitative estimate of drug-likeness (QED) is 0.833. The number of benzene rings is 1. The summed E-state index contributed by atoms with van der Waals surface area (Å²) < 4.78 is 0. The monoisotopic (exact) mass is 232 g/mol. The van der Waals surface area contributed by atoms with Crippen molar-refractivity contribution in [1.29, 1.82) is 0 Å². The van der Waals surface area contributed by atoms with Gasteiger partial charge in [0.1, 0.15) is 0 Å². The third-order valence-corrected chi connectivity index (χ3v) is 3.63. The van der Waals surface area contributed by atoms with Crippen LogP contribution >= 0.6 is 0 Å². The SMILES string of the molecule is CCc1cccc(NCC2CCCNCC2)c1. The van der Waals surface area contributed by atoms with Crippen molar-refractivity contribution < 1.29 is 0 Å². The van der Waals surface area contributed by atoms with Crippen molar-refractivity contribution in [3.63, 3.8) is 0 Å². The van der Waals surface area contributed by atoms with Gasteiger partial charge in [-0.2, -0.15) is 0 Å². The Hall–Kier alpha value is -1.02. The predicted octanol–water partition coefficient (Wildman–Crippen LogP) is 3.05. The Morgan fingerprint density at radius 3 is 3.12 bits per heavy atom. The largest absolute Gasteiger partial charge is 0.385 e. The molecule has 0 amide bonds. The van der Waals surface area contributed by atoms with Gasteiger partial charge in [-0.15, -0.1) is 0 Å². The lowest BCUT2D eigenvalue weighted by Crippen LogP contribution is -2.17. The van der Waals surface area contributed by atoms with E-state index in [1.165, 1.54) is 43.6 Å². The minimum Gasteiger partial charge on any atom is -0.385 e. The van der Waals surface area contributed by atoms with E-state index in [0.717, 1.165) is 18.9 Å². The standard InChI is InChI=1S/C15H24N2/c1-2-13-5-3-7-15(11-13)17-12-14-6-4-9-16-10-8-14/h3,5,7,11,14,16-17H,2,4,6,8-10,12H2,1H3. The molecule has 0 spiro atoms. The summed E-state index contributed by atoms with van der Waals surface area (Å²) >= 11 is 0. The molecule has 1 unspecified atom stereocenters. The van der Waals surface area contributed by atoms with Gasteiger partial charge >= 0.3 is 0 Å². The molecule has 0 aromatic heterocycles. The Morgan fingerprint density at radius 1 is 1.29 bits per heavy atom. The van der Waals surface area contributed by atoms with E-state index < -0.39 is 0 Å². The summed E-state index contributed by atoms with van der Waals surface area (Å²) in [5.74, 6) is 0.829. The summed E-state index contributed by atoms with van der Waals surface area (Å²) in [5, 5.41) is 7.05. The molecule has 17 heavy (non-hydrogen) atoms. The molecule has 1 fully saturated rings. The molecule has 0 bridgehead atoms. The zero-order valence-corrected chi connectivity index (χ0v) is 10.8. The molecule has 1 aliphatic heterocycles. The van der Waals surface area contributed by atoms with E-state index in [4.69, 9.17) is 0 Å². The van der Waals surface area contributed by atoms with E-state index >= 15 is 0 Å². The fraction of sp³-hybridized carbons (Fsp3) is 0.600. The van der Waals surface area contributed by atoms with Crippen molar-refractivity contribution >= 4 is 5.69 Å². The fourth-order valence-corrected chi connectivity index (χ4v) is 2.46. The van der Waals surface area contributed by atoms with E-state index in [9.17, 15) is 0 Å². The van der Waals surface area contributed by atoms with Crippen LogP contribution < -0.4 is 10.6 Å². The average Bonchev–Trinajstić information content (AvgIpc) is 2.65. The summed E-state index contributed by atoms with van der Waals surface area (Å²) in [6.07, 6.45) is 5.10. The number of aryl methyl sites for hydroxylation is 1. The third kappa shape index (κ3) is 4.04. The third-order valence-electron chi connectivity index (χ3n) is 3.63. The van der Waals surface area contributed by atoms with Gasteiger partial charge in [0.05, 0.1) is 0 Å². The molecule has 2 heteroatoms. The first-order valence-electron chi connectivity index (χ1n) is 6.92. The maximum Gasteiger partial charge on any atom is 0.0342 e. The van der Waals surface area contributed by atoms with Crippen LogP contribution in [0.25, 0.3) is 0 Å². The minimum absolute atomic E-state index is 0.829. The van der Waals surface area contributed by atoms with Crippen LogP contribution in [0.1, 0.15) is 31.7 Å². The van der Waals surface area contributed by atoms with Crippen LogP contribution in [-0.4, -0.2) is 19.6 Å². The highest BCUT2D eigenvalue weighted by molar-refractivity contribution is 5.45. The highest BCUT2D eigenvalue weighted by Crippen LogP contribution is 2.16. The molecule has 1 aromatic carbocycles. The molecule has 1 aromatic rings. The van der Waals surface area contributed by atoms with Crippen molar-refractivity contribution in [2.24, 2.45) is 5.92 Å². The molecule has 0 aliphatic carbocycles. The summed E-state index contributed by atoms with van der Waals surface area (Å²) in [6, 6.07) is 8.79. The van der Waals surface area contributed by atoms with Crippen LogP contribution in [0.3, 0.4) is 0 Å². The van der Waals surface area contributed by atoms with Crippen LogP contribution in [-0.2, 0) is 6.42 Å².